The zero-order chi connectivity index (χ0) is 16.9. The van der Waals surface area contributed by atoms with Crippen LogP contribution in [0.25, 0.3) is 0 Å². The summed E-state index contributed by atoms with van der Waals surface area (Å²) < 4.78 is 5.29. The molecule has 1 aromatic heterocycles. The number of carbonyl (C=O) groups is 1. The molecule has 0 aromatic carbocycles. The van der Waals surface area contributed by atoms with E-state index in [4.69, 9.17) is 16.3 Å². The first-order chi connectivity index (χ1) is 10.8. The molecule has 1 aliphatic rings. The lowest BCUT2D eigenvalue weighted by atomic mass is 10.0. The Bertz CT molecular complexity index is 533. The van der Waals surface area contributed by atoms with Gasteiger partial charge in [0.05, 0.1) is 5.69 Å². The highest BCUT2D eigenvalue weighted by Gasteiger charge is 2.25. The number of nitrogens with zero attached hydrogens (tertiary/aromatic N) is 3. The first-order valence-electron chi connectivity index (χ1n) is 8.01. The molecule has 2 rings (SSSR count). The van der Waals surface area contributed by atoms with Crippen LogP contribution in [0, 0.1) is 0 Å². The van der Waals surface area contributed by atoms with Gasteiger partial charge in [0, 0.05) is 31.5 Å². The summed E-state index contributed by atoms with van der Waals surface area (Å²) >= 11 is 6.10. The molecule has 2 heterocycles. The summed E-state index contributed by atoms with van der Waals surface area (Å²) in [5, 5.41) is 3.31. The van der Waals surface area contributed by atoms with Gasteiger partial charge in [-0.2, -0.15) is 0 Å². The fraction of sp³-hybridized carbons (Fsp3) is 0.688. The van der Waals surface area contributed by atoms with Gasteiger partial charge >= 0.3 is 6.09 Å². The van der Waals surface area contributed by atoms with Crippen LogP contribution in [0.3, 0.4) is 0 Å². The SMILES string of the molecule is CC(C)(C)OC(=O)NCC1CCCCN1Cc1nccnc1Cl. The van der Waals surface area contributed by atoms with Crippen molar-refractivity contribution in [3.05, 3.63) is 23.2 Å². The molecular weight excluding hydrogens is 316 g/mol. The summed E-state index contributed by atoms with van der Waals surface area (Å²) in [7, 11) is 0. The zero-order valence-electron chi connectivity index (χ0n) is 14.0. The summed E-state index contributed by atoms with van der Waals surface area (Å²) in [5.74, 6) is 0. The molecule has 1 atom stereocenters. The van der Waals surface area contributed by atoms with Crippen LogP contribution in [0.15, 0.2) is 12.4 Å². The van der Waals surface area contributed by atoms with E-state index in [0.717, 1.165) is 31.5 Å². The van der Waals surface area contributed by atoms with Crippen molar-refractivity contribution in [2.24, 2.45) is 0 Å². The van der Waals surface area contributed by atoms with E-state index in [1.807, 2.05) is 20.8 Å². The molecule has 1 amide bonds. The van der Waals surface area contributed by atoms with Crippen molar-refractivity contribution in [3.63, 3.8) is 0 Å². The van der Waals surface area contributed by atoms with Crippen molar-refractivity contribution in [1.82, 2.24) is 20.2 Å². The van der Waals surface area contributed by atoms with Crippen LogP contribution in [-0.4, -0.2) is 45.7 Å². The van der Waals surface area contributed by atoms with E-state index < -0.39 is 5.60 Å². The average Bonchev–Trinajstić information content (AvgIpc) is 2.47. The number of halogens is 1. The van der Waals surface area contributed by atoms with E-state index in [2.05, 4.69) is 20.2 Å². The van der Waals surface area contributed by atoms with E-state index in [9.17, 15) is 4.79 Å². The average molecular weight is 341 g/mol. The predicted molar refractivity (Wildman–Crippen MR) is 89.3 cm³/mol. The summed E-state index contributed by atoms with van der Waals surface area (Å²) in [5.41, 5.74) is 0.294. The molecule has 0 aliphatic carbocycles. The van der Waals surface area contributed by atoms with Crippen LogP contribution < -0.4 is 5.32 Å². The third kappa shape index (κ3) is 5.95. The Balaban J connectivity index is 1.91. The Kier molecular flexibility index (Phi) is 6.18. The number of hydrogen-bond acceptors (Lipinski definition) is 5. The van der Waals surface area contributed by atoms with Gasteiger partial charge in [-0.05, 0) is 40.2 Å². The fourth-order valence-corrected chi connectivity index (χ4v) is 2.83. The molecule has 0 saturated carbocycles. The summed E-state index contributed by atoms with van der Waals surface area (Å²) in [6, 6.07) is 0.259. The molecule has 0 radical (unpaired) electrons. The molecule has 1 aliphatic heterocycles. The molecule has 1 aromatic rings. The molecule has 0 spiro atoms. The maximum Gasteiger partial charge on any atom is 0.407 e. The Morgan fingerprint density at radius 3 is 2.83 bits per heavy atom. The Morgan fingerprint density at radius 1 is 1.39 bits per heavy atom. The lowest BCUT2D eigenvalue weighted by molar-refractivity contribution is 0.0491. The number of carbonyl (C=O) groups excluding carboxylic acids is 1. The van der Waals surface area contributed by atoms with Gasteiger partial charge in [0.15, 0.2) is 5.15 Å². The Hall–Kier alpha value is -1.40. The zero-order valence-corrected chi connectivity index (χ0v) is 14.8. The van der Waals surface area contributed by atoms with Crippen LogP contribution in [0.5, 0.6) is 0 Å². The van der Waals surface area contributed by atoms with Crippen LogP contribution in [0.1, 0.15) is 45.7 Å². The molecular formula is C16H25ClN4O2. The first-order valence-corrected chi connectivity index (χ1v) is 8.39. The number of amides is 1. The quantitative estimate of drug-likeness (QED) is 0.912. The van der Waals surface area contributed by atoms with Crippen molar-refractivity contribution in [3.8, 4) is 0 Å². The van der Waals surface area contributed by atoms with Crippen LogP contribution in [-0.2, 0) is 11.3 Å². The predicted octanol–water partition coefficient (Wildman–Crippen LogP) is 3.01. The number of ether oxygens (including phenoxy) is 1. The fourth-order valence-electron chi connectivity index (χ4n) is 2.66. The van der Waals surface area contributed by atoms with Crippen molar-refractivity contribution < 1.29 is 9.53 Å². The van der Waals surface area contributed by atoms with Gasteiger partial charge in [-0.1, -0.05) is 18.0 Å². The van der Waals surface area contributed by atoms with E-state index in [-0.39, 0.29) is 12.1 Å². The van der Waals surface area contributed by atoms with Gasteiger partial charge in [-0.25, -0.2) is 9.78 Å². The molecule has 0 bridgehead atoms. The van der Waals surface area contributed by atoms with Gasteiger partial charge < -0.3 is 10.1 Å². The lowest BCUT2D eigenvalue weighted by Crippen LogP contribution is -2.47. The molecule has 1 N–H and O–H groups in total. The minimum Gasteiger partial charge on any atom is -0.444 e. The van der Waals surface area contributed by atoms with E-state index in [1.165, 1.54) is 0 Å². The summed E-state index contributed by atoms with van der Waals surface area (Å²) in [6.07, 6.45) is 6.20. The largest absolute Gasteiger partial charge is 0.444 e. The highest BCUT2D eigenvalue weighted by Crippen LogP contribution is 2.21. The van der Waals surface area contributed by atoms with Crippen molar-refractivity contribution >= 4 is 17.7 Å². The monoisotopic (exact) mass is 340 g/mol. The van der Waals surface area contributed by atoms with Crippen molar-refractivity contribution in [2.45, 2.75) is 58.2 Å². The highest BCUT2D eigenvalue weighted by molar-refractivity contribution is 6.29. The van der Waals surface area contributed by atoms with E-state index in [1.54, 1.807) is 12.4 Å². The third-order valence-corrected chi connectivity index (χ3v) is 4.02. The van der Waals surface area contributed by atoms with Crippen LogP contribution >= 0.6 is 11.6 Å². The van der Waals surface area contributed by atoms with Gasteiger partial charge in [0.2, 0.25) is 0 Å². The first kappa shape index (κ1) is 17.9. The Labute approximate surface area is 142 Å². The number of aromatic nitrogens is 2. The molecule has 1 fully saturated rings. The maximum absolute atomic E-state index is 11.8. The van der Waals surface area contributed by atoms with Gasteiger partial charge in [-0.3, -0.25) is 9.88 Å². The van der Waals surface area contributed by atoms with E-state index >= 15 is 0 Å². The Morgan fingerprint density at radius 2 is 2.13 bits per heavy atom. The smallest absolute Gasteiger partial charge is 0.407 e. The topological polar surface area (TPSA) is 67.3 Å². The number of piperidine rings is 1. The van der Waals surface area contributed by atoms with Crippen molar-refractivity contribution in [2.75, 3.05) is 13.1 Å². The minimum atomic E-state index is -0.483. The molecule has 7 heteroatoms. The second-order valence-electron chi connectivity index (χ2n) is 6.80. The highest BCUT2D eigenvalue weighted by atomic mass is 35.5. The van der Waals surface area contributed by atoms with Crippen LogP contribution in [0.4, 0.5) is 4.79 Å². The molecule has 1 unspecified atom stereocenters. The van der Waals surface area contributed by atoms with E-state index in [0.29, 0.717) is 18.2 Å². The number of alkyl carbamates (subject to hydrolysis) is 1. The molecule has 23 heavy (non-hydrogen) atoms. The van der Waals surface area contributed by atoms with Crippen LogP contribution in [0.2, 0.25) is 5.15 Å². The van der Waals surface area contributed by atoms with Gasteiger partial charge in [0.1, 0.15) is 5.60 Å². The number of hydrogen-bond donors (Lipinski definition) is 1. The number of nitrogens with one attached hydrogen (secondary N) is 1. The third-order valence-electron chi connectivity index (χ3n) is 3.71. The molecule has 6 nitrogen and oxygen atoms in total. The molecule has 128 valence electrons. The van der Waals surface area contributed by atoms with Crippen molar-refractivity contribution in [1.29, 1.82) is 0 Å². The summed E-state index contributed by atoms with van der Waals surface area (Å²) in [6.45, 7) is 7.74. The maximum atomic E-state index is 11.8. The second kappa shape index (κ2) is 7.93. The number of rotatable bonds is 4. The minimum absolute atomic E-state index is 0.259. The summed E-state index contributed by atoms with van der Waals surface area (Å²) in [4.78, 5) is 22.5. The number of likely N-dealkylation sites (tertiary alicyclic amines) is 1. The standard InChI is InChI=1S/C16H25ClN4O2/c1-16(2,3)23-15(22)20-10-12-6-4-5-9-21(12)11-13-14(17)19-8-7-18-13/h7-8,12H,4-6,9-11H2,1-3H3,(H,20,22). The van der Waals surface area contributed by atoms with Gasteiger partial charge in [-0.15, -0.1) is 0 Å². The molecule has 1 saturated heterocycles. The lowest BCUT2D eigenvalue weighted by Gasteiger charge is -2.35. The normalized spacial score (nSPS) is 19.4. The second-order valence-corrected chi connectivity index (χ2v) is 7.15. The van der Waals surface area contributed by atoms with Gasteiger partial charge in [0.25, 0.3) is 0 Å².